The molecule has 0 saturated carbocycles. The Labute approximate surface area is 160 Å². The van der Waals surface area contributed by atoms with Crippen LogP contribution in [0.15, 0.2) is 24.3 Å². The Balaban J connectivity index is 1.76. The highest BCUT2D eigenvalue weighted by Gasteiger charge is 2.39. The molecule has 1 saturated heterocycles. The van der Waals surface area contributed by atoms with Crippen LogP contribution < -0.4 is 5.32 Å². The van der Waals surface area contributed by atoms with Crippen LogP contribution >= 0.6 is 35.2 Å². The molecule has 0 spiro atoms. The van der Waals surface area contributed by atoms with E-state index in [1.165, 1.54) is 11.3 Å². The predicted octanol–water partition coefficient (Wildman–Crippen LogP) is 3.40. The number of carbonyl (C=O) groups is 2. The van der Waals surface area contributed by atoms with Crippen molar-refractivity contribution in [2.45, 2.75) is 31.8 Å². The third kappa shape index (κ3) is 3.94. The first-order chi connectivity index (χ1) is 11.8. The van der Waals surface area contributed by atoms with Crippen molar-refractivity contribution in [3.8, 4) is 0 Å². The second-order valence-corrected chi connectivity index (χ2v) is 8.33. The molecule has 2 heterocycles. The minimum atomic E-state index is -0.265. The number of likely N-dealkylation sites (tertiary alicyclic amines) is 1. The van der Waals surface area contributed by atoms with Crippen LogP contribution in [0.4, 0.5) is 0 Å². The zero-order valence-electron chi connectivity index (χ0n) is 13.8. The molecule has 0 bridgehead atoms. The van der Waals surface area contributed by atoms with Gasteiger partial charge in [-0.3, -0.25) is 9.59 Å². The van der Waals surface area contributed by atoms with Gasteiger partial charge in [0.1, 0.15) is 0 Å². The summed E-state index contributed by atoms with van der Waals surface area (Å²) in [4.78, 5) is 30.3. The molecule has 25 heavy (non-hydrogen) atoms. The lowest BCUT2D eigenvalue weighted by molar-refractivity contribution is -0.127. The Morgan fingerprint density at radius 1 is 1.44 bits per heavy atom. The number of halogens is 1. The topological polar surface area (TPSA) is 65.2 Å². The number of thiazole rings is 1. The molecule has 2 unspecified atom stereocenters. The lowest BCUT2D eigenvalue weighted by Crippen LogP contribution is -2.39. The second-order valence-electron chi connectivity index (χ2n) is 6.12. The summed E-state index contributed by atoms with van der Waals surface area (Å²) in [7, 11) is 1.76. The van der Waals surface area contributed by atoms with Gasteiger partial charge in [-0.1, -0.05) is 23.7 Å². The third-order valence-electron chi connectivity index (χ3n) is 4.39. The number of hydrogen-bond acceptors (Lipinski definition) is 4. The number of benzene rings is 1. The van der Waals surface area contributed by atoms with E-state index in [-0.39, 0.29) is 36.7 Å². The maximum Gasteiger partial charge on any atom is 0.225 e. The van der Waals surface area contributed by atoms with E-state index in [4.69, 9.17) is 23.8 Å². The highest BCUT2D eigenvalue weighted by Crippen LogP contribution is 2.32. The molecule has 2 amide bonds. The fourth-order valence-corrected chi connectivity index (χ4v) is 4.54. The van der Waals surface area contributed by atoms with Gasteiger partial charge in [0.2, 0.25) is 11.8 Å². The molecule has 5 nitrogen and oxygen atoms in total. The molecule has 8 heteroatoms. The Kier molecular flexibility index (Phi) is 5.27. The average Bonchev–Trinajstić information content (AvgIpc) is 2.99. The van der Waals surface area contributed by atoms with Crippen LogP contribution in [-0.4, -0.2) is 34.8 Å². The maximum absolute atomic E-state index is 12.5. The van der Waals surface area contributed by atoms with Crippen LogP contribution in [0.1, 0.15) is 28.6 Å². The lowest BCUT2D eigenvalue weighted by Gasteiger charge is -2.26. The molecule has 1 aliphatic heterocycles. The number of aromatic nitrogens is 1. The smallest absolute Gasteiger partial charge is 0.225 e. The van der Waals surface area contributed by atoms with Crippen molar-refractivity contribution >= 4 is 47.0 Å². The fourth-order valence-electron chi connectivity index (χ4n) is 3.12. The summed E-state index contributed by atoms with van der Waals surface area (Å²) in [6.07, 6.45) is 0.544. The molecule has 2 N–H and O–H groups in total. The van der Waals surface area contributed by atoms with E-state index < -0.39 is 0 Å². The normalized spacial score (nSPS) is 20.1. The number of aryl methyl sites for hydroxylation is 1. The van der Waals surface area contributed by atoms with Gasteiger partial charge < -0.3 is 15.2 Å². The Hall–Kier alpha value is -1.70. The van der Waals surface area contributed by atoms with Crippen molar-refractivity contribution in [3.05, 3.63) is 49.4 Å². The zero-order valence-corrected chi connectivity index (χ0v) is 16.2. The van der Waals surface area contributed by atoms with E-state index in [1.807, 2.05) is 19.1 Å². The molecule has 0 aliphatic carbocycles. The van der Waals surface area contributed by atoms with Gasteiger partial charge in [0, 0.05) is 29.1 Å². The Morgan fingerprint density at radius 2 is 2.12 bits per heavy atom. The second kappa shape index (κ2) is 7.27. The number of nitrogens with zero attached hydrogens (tertiary/aromatic N) is 1. The molecule has 3 rings (SSSR count). The molecule has 1 aromatic carbocycles. The van der Waals surface area contributed by atoms with Crippen molar-refractivity contribution in [3.63, 3.8) is 0 Å². The van der Waals surface area contributed by atoms with Gasteiger partial charge in [-0.25, -0.2) is 0 Å². The number of amides is 2. The van der Waals surface area contributed by atoms with E-state index in [1.54, 1.807) is 24.1 Å². The molecule has 2 aromatic rings. The van der Waals surface area contributed by atoms with Crippen molar-refractivity contribution in [2.24, 2.45) is 0 Å². The van der Waals surface area contributed by atoms with Crippen LogP contribution in [0.2, 0.25) is 5.02 Å². The van der Waals surface area contributed by atoms with E-state index in [0.29, 0.717) is 8.98 Å². The minimum absolute atomic E-state index is 0.0127. The fraction of sp³-hybridized carbons (Fsp3) is 0.353. The number of rotatable bonds is 4. The SMILES string of the molecule is Cc1[nH]c(=S)sc1CC(=O)NC1CC(=O)N(C)C1c1ccc(Cl)cc1. The summed E-state index contributed by atoms with van der Waals surface area (Å²) in [6, 6.07) is 6.91. The van der Waals surface area contributed by atoms with E-state index in [2.05, 4.69) is 10.3 Å². The van der Waals surface area contributed by atoms with Gasteiger partial charge >= 0.3 is 0 Å². The van der Waals surface area contributed by atoms with Crippen LogP contribution in [0.25, 0.3) is 0 Å². The molecular formula is C17H18ClN3O2S2. The molecule has 0 radical (unpaired) electrons. The van der Waals surface area contributed by atoms with Crippen molar-refractivity contribution in [2.75, 3.05) is 7.05 Å². The first-order valence-electron chi connectivity index (χ1n) is 7.84. The van der Waals surface area contributed by atoms with Gasteiger partial charge in [0.25, 0.3) is 0 Å². The van der Waals surface area contributed by atoms with Gasteiger partial charge in [-0.15, -0.1) is 11.3 Å². The van der Waals surface area contributed by atoms with Crippen LogP contribution in [0.3, 0.4) is 0 Å². The van der Waals surface area contributed by atoms with Crippen molar-refractivity contribution < 1.29 is 9.59 Å². The van der Waals surface area contributed by atoms with Crippen LogP contribution in [0, 0.1) is 10.9 Å². The average molecular weight is 396 g/mol. The largest absolute Gasteiger partial charge is 0.350 e. The van der Waals surface area contributed by atoms with Crippen molar-refractivity contribution in [1.82, 2.24) is 15.2 Å². The Bertz CT molecular complexity index is 860. The number of likely N-dealkylation sites (N-methyl/N-ethyl adjacent to an activating group) is 1. The number of carbonyl (C=O) groups excluding carboxylic acids is 2. The molecule has 2 atom stereocenters. The summed E-state index contributed by atoms with van der Waals surface area (Å²) < 4.78 is 0.662. The minimum Gasteiger partial charge on any atom is -0.350 e. The summed E-state index contributed by atoms with van der Waals surface area (Å²) in [6.45, 7) is 1.90. The van der Waals surface area contributed by atoms with Gasteiger partial charge in [-0.05, 0) is 36.8 Å². The third-order valence-corrected chi connectivity index (χ3v) is 5.98. The summed E-state index contributed by atoms with van der Waals surface area (Å²) in [5, 5.41) is 3.65. The molecule has 1 aromatic heterocycles. The highest BCUT2D eigenvalue weighted by atomic mass is 35.5. The maximum atomic E-state index is 12.5. The summed E-state index contributed by atoms with van der Waals surface area (Å²) in [5.41, 5.74) is 1.87. The number of aromatic amines is 1. The van der Waals surface area contributed by atoms with Gasteiger partial charge in [-0.2, -0.15) is 0 Å². The molecule has 132 valence electrons. The summed E-state index contributed by atoms with van der Waals surface area (Å²) in [5.74, 6) is -0.0980. The van der Waals surface area contributed by atoms with Gasteiger partial charge in [0.05, 0.1) is 18.5 Å². The number of H-pyrrole nitrogens is 1. The summed E-state index contributed by atoms with van der Waals surface area (Å²) >= 11 is 12.5. The van der Waals surface area contributed by atoms with E-state index in [9.17, 15) is 9.59 Å². The van der Waals surface area contributed by atoms with Crippen LogP contribution in [0.5, 0.6) is 0 Å². The zero-order chi connectivity index (χ0) is 18.1. The lowest BCUT2D eigenvalue weighted by atomic mass is 10.00. The van der Waals surface area contributed by atoms with E-state index >= 15 is 0 Å². The first-order valence-corrected chi connectivity index (χ1v) is 9.44. The molecular weight excluding hydrogens is 378 g/mol. The quantitative estimate of drug-likeness (QED) is 0.780. The van der Waals surface area contributed by atoms with E-state index in [0.717, 1.165) is 16.1 Å². The first kappa shape index (κ1) is 18.1. The standard InChI is InChI=1S/C17H18ClN3O2S2/c1-9-13(25-17(24)19-9)8-14(22)20-12-7-15(23)21(2)16(12)10-3-5-11(18)6-4-10/h3-6,12,16H,7-8H2,1-2H3,(H,19,24)(H,20,22). The van der Waals surface area contributed by atoms with Crippen molar-refractivity contribution in [1.29, 1.82) is 0 Å². The monoisotopic (exact) mass is 395 g/mol. The predicted molar refractivity (Wildman–Crippen MR) is 101 cm³/mol. The van der Waals surface area contributed by atoms with Gasteiger partial charge in [0.15, 0.2) is 3.95 Å². The highest BCUT2D eigenvalue weighted by molar-refractivity contribution is 7.73. The molecule has 1 aliphatic rings. The number of hydrogen-bond donors (Lipinski definition) is 2. The number of nitrogens with one attached hydrogen (secondary N) is 2. The molecule has 1 fully saturated rings. The van der Waals surface area contributed by atoms with Crippen LogP contribution in [-0.2, 0) is 16.0 Å². The Morgan fingerprint density at radius 3 is 2.72 bits per heavy atom.